The maximum absolute atomic E-state index is 12.0. The summed E-state index contributed by atoms with van der Waals surface area (Å²) in [7, 11) is 2.15. The molecule has 33 heavy (non-hydrogen) atoms. The quantitative estimate of drug-likeness (QED) is 0.541. The van der Waals surface area contributed by atoms with Crippen molar-refractivity contribution in [2.24, 2.45) is 0 Å². The van der Waals surface area contributed by atoms with Gasteiger partial charge in [-0.1, -0.05) is 24.3 Å². The van der Waals surface area contributed by atoms with E-state index in [2.05, 4.69) is 34.5 Å². The molecule has 3 aliphatic rings. The Kier molecular flexibility index (Phi) is 6.43. The van der Waals surface area contributed by atoms with E-state index in [0.717, 1.165) is 62.8 Å². The van der Waals surface area contributed by atoms with Gasteiger partial charge in [0.25, 0.3) is 0 Å². The molecule has 1 aromatic rings. The van der Waals surface area contributed by atoms with E-state index in [1.54, 1.807) is 13.8 Å². The monoisotopic (exact) mass is 453 g/mol. The summed E-state index contributed by atoms with van der Waals surface area (Å²) in [5, 5.41) is 19.0. The molecule has 1 saturated heterocycles. The van der Waals surface area contributed by atoms with Crippen molar-refractivity contribution in [2.75, 3.05) is 39.8 Å². The molecule has 0 spiro atoms. The average molecular weight is 454 g/mol. The first-order valence-electron chi connectivity index (χ1n) is 11.3. The van der Waals surface area contributed by atoms with Gasteiger partial charge in [-0.05, 0) is 56.0 Å². The summed E-state index contributed by atoms with van der Waals surface area (Å²) in [6.07, 6.45) is 4.71. The third kappa shape index (κ3) is 4.46. The SMILES string of the molecule is CC1=C(c2cccc3c2CC=C3CCN2CCN(C)CC2)C(C)(C(=CC(=O)O)C(=O)O)NO1. The van der Waals surface area contributed by atoms with E-state index >= 15 is 0 Å². The zero-order valence-corrected chi connectivity index (χ0v) is 19.4. The number of hydrogen-bond acceptors (Lipinski definition) is 6. The Balaban J connectivity index is 1.63. The minimum Gasteiger partial charge on any atom is -0.478 e. The van der Waals surface area contributed by atoms with Crippen molar-refractivity contribution in [3.8, 4) is 0 Å². The predicted molar refractivity (Wildman–Crippen MR) is 125 cm³/mol. The van der Waals surface area contributed by atoms with E-state index in [1.807, 2.05) is 12.1 Å². The molecule has 0 aromatic heterocycles. The molecule has 8 nitrogen and oxygen atoms in total. The van der Waals surface area contributed by atoms with Crippen molar-refractivity contribution >= 4 is 23.1 Å². The fraction of sp³-hybridized carbons (Fsp3) is 0.440. The number of benzene rings is 1. The topological polar surface area (TPSA) is 102 Å². The largest absolute Gasteiger partial charge is 0.478 e. The van der Waals surface area contributed by atoms with Gasteiger partial charge in [0, 0.05) is 44.4 Å². The van der Waals surface area contributed by atoms with Crippen molar-refractivity contribution in [3.05, 3.63) is 58.4 Å². The first kappa shape index (κ1) is 23.2. The fourth-order valence-corrected chi connectivity index (χ4v) is 5.09. The van der Waals surface area contributed by atoms with Gasteiger partial charge in [-0.2, -0.15) is 0 Å². The molecule has 0 amide bonds. The van der Waals surface area contributed by atoms with Crippen LogP contribution in [0.1, 0.15) is 37.0 Å². The molecule has 1 aromatic carbocycles. The number of likely N-dealkylation sites (N-methyl/N-ethyl adjacent to an activating group) is 1. The highest BCUT2D eigenvalue weighted by Gasteiger charge is 2.45. The zero-order chi connectivity index (χ0) is 23.8. The highest BCUT2D eigenvalue weighted by atomic mass is 16.7. The summed E-state index contributed by atoms with van der Waals surface area (Å²) >= 11 is 0. The molecular weight excluding hydrogens is 422 g/mol. The summed E-state index contributed by atoms with van der Waals surface area (Å²) in [6, 6.07) is 6.05. The lowest BCUT2D eigenvalue weighted by molar-refractivity contribution is -0.135. The molecule has 1 aliphatic carbocycles. The van der Waals surface area contributed by atoms with Crippen LogP contribution in [-0.2, 0) is 20.8 Å². The molecule has 8 heteroatoms. The van der Waals surface area contributed by atoms with Crippen LogP contribution in [0.5, 0.6) is 0 Å². The number of rotatable bonds is 7. The number of aliphatic carboxylic acids is 2. The zero-order valence-electron chi connectivity index (χ0n) is 19.4. The summed E-state index contributed by atoms with van der Waals surface area (Å²) in [5.74, 6) is -2.08. The van der Waals surface area contributed by atoms with E-state index in [-0.39, 0.29) is 5.57 Å². The maximum atomic E-state index is 12.0. The maximum Gasteiger partial charge on any atom is 0.334 e. The van der Waals surface area contributed by atoms with Gasteiger partial charge in [0.05, 0.1) is 5.57 Å². The summed E-state index contributed by atoms with van der Waals surface area (Å²) < 4.78 is 0. The number of carbonyl (C=O) groups is 2. The van der Waals surface area contributed by atoms with Crippen LogP contribution in [0.2, 0.25) is 0 Å². The van der Waals surface area contributed by atoms with Crippen LogP contribution in [0.25, 0.3) is 11.1 Å². The second-order valence-electron chi connectivity index (χ2n) is 9.12. The molecule has 0 saturated carbocycles. The second kappa shape index (κ2) is 9.13. The molecule has 2 heterocycles. The second-order valence-corrected chi connectivity index (χ2v) is 9.12. The number of allylic oxidation sites excluding steroid dienone is 2. The Hall–Kier alpha value is -2.94. The van der Waals surface area contributed by atoms with Crippen LogP contribution in [0, 0.1) is 0 Å². The molecule has 1 fully saturated rings. The Morgan fingerprint density at radius 1 is 1.18 bits per heavy atom. The van der Waals surface area contributed by atoms with Crippen molar-refractivity contribution in [1.29, 1.82) is 0 Å². The van der Waals surface area contributed by atoms with E-state index in [4.69, 9.17) is 4.84 Å². The van der Waals surface area contributed by atoms with Crippen molar-refractivity contribution in [2.45, 2.75) is 32.2 Å². The Bertz CT molecular complexity index is 1070. The van der Waals surface area contributed by atoms with Gasteiger partial charge in [-0.3, -0.25) is 0 Å². The van der Waals surface area contributed by atoms with Crippen LogP contribution >= 0.6 is 0 Å². The lowest BCUT2D eigenvalue weighted by atomic mass is 9.78. The third-order valence-corrected chi connectivity index (χ3v) is 6.93. The highest BCUT2D eigenvalue weighted by Crippen LogP contribution is 2.44. The molecule has 176 valence electrons. The molecular formula is C25H31N3O5. The van der Waals surface area contributed by atoms with Crippen LogP contribution in [-0.4, -0.2) is 77.3 Å². The Morgan fingerprint density at radius 3 is 2.55 bits per heavy atom. The van der Waals surface area contributed by atoms with Gasteiger partial charge >= 0.3 is 11.9 Å². The van der Waals surface area contributed by atoms with Crippen molar-refractivity contribution in [3.63, 3.8) is 0 Å². The van der Waals surface area contributed by atoms with E-state index in [0.29, 0.717) is 11.3 Å². The lowest BCUT2D eigenvalue weighted by Gasteiger charge is -2.32. The predicted octanol–water partition coefficient (Wildman–Crippen LogP) is 2.38. The van der Waals surface area contributed by atoms with Gasteiger partial charge in [0.1, 0.15) is 11.3 Å². The smallest absolute Gasteiger partial charge is 0.334 e. The van der Waals surface area contributed by atoms with Crippen LogP contribution in [0.15, 0.2) is 41.7 Å². The van der Waals surface area contributed by atoms with Gasteiger partial charge in [0.15, 0.2) is 0 Å². The number of fused-ring (bicyclic) bond motifs is 1. The molecule has 0 bridgehead atoms. The molecule has 4 rings (SSSR count). The van der Waals surface area contributed by atoms with E-state index in [1.165, 1.54) is 11.1 Å². The number of piperazine rings is 1. The first-order valence-corrected chi connectivity index (χ1v) is 11.3. The van der Waals surface area contributed by atoms with Gasteiger partial charge in [-0.15, -0.1) is 5.48 Å². The minimum atomic E-state index is -1.31. The lowest BCUT2D eigenvalue weighted by Crippen LogP contribution is -2.44. The minimum absolute atomic E-state index is 0.277. The van der Waals surface area contributed by atoms with Crippen LogP contribution in [0.4, 0.5) is 0 Å². The van der Waals surface area contributed by atoms with E-state index in [9.17, 15) is 19.8 Å². The van der Waals surface area contributed by atoms with Gasteiger partial charge < -0.3 is 24.9 Å². The molecule has 0 radical (unpaired) electrons. The van der Waals surface area contributed by atoms with Gasteiger partial charge in [0.2, 0.25) is 0 Å². The summed E-state index contributed by atoms with van der Waals surface area (Å²) in [6.45, 7) is 8.78. The number of hydroxylamine groups is 1. The molecule has 1 unspecified atom stereocenters. The Morgan fingerprint density at radius 2 is 1.88 bits per heavy atom. The average Bonchev–Trinajstić information content (AvgIpc) is 3.32. The Labute approximate surface area is 193 Å². The van der Waals surface area contributed by atoms with Crippen LogP contribution in [0.3, 0.4) is 0 Å². The van der Waals surface area contributed by atoms with Crippen molar-refractivity contribution in [1.82, 2.24) is 15.3 Å². The summed E-state index contributed by atoms with van der Waals surface area (Å²) in [5.41, 5.74) is 6.35. The number of carboxylic acid groups (broad SMARTS) is 2. The van der Waals surface area contributed by atoms with Gasteiger partial charge in [-0.25, -0.2) is 9.59 Å². The fourth-order valence-electron chi connectivity index (χ4n) is 5.09. The summed E-state index contributed by atoms with van der Waals surface area (Å²) in [4.78, 5) is 33.8. The molecule has 1 atom stereocenters. The molecule has 3 N–H and O–H groups in total. The molecule has 2 aliphatic heterocycles. The number of nitrogens with zero attached hydrogens (tertiary/aromatic N) is 2. The highest BCUT2D eigenvalue weighted by molar-refractivity contribution is 6.01. The van der Waals surface area contributed by atoms with E-state index < -0.39 is 17.5 Å². The number of hydrogen-bond donors (Lipinski definition) is 3. The standard InChI is InChI=1S/C25H31N3O5/c1-16-23(25(2,26-33-16)21(24(31)32)15-22(29)30)20-6-4-5-18-17(7-8-19(18)20)9-10-28-13-11-27(3)12-14-28/h4-7,15,26H,8-14H2,1-3H3,(H,29,30)(H,31,32). The normalized spacial score (nSPS) is 24.0. The first-order chi connectivity index (χ1) is 15.7. The van der Waals surface area contributed by atoms with Crippen molar-refractivity contribution < 1.29 is 24.6 Å². The third-order valence-electron chi connectivity index (χ3n) is 6.93. The number of nitrogens with one attached hydrogen (secondary N) is 1. The number of carboxylic acids is 2. The van der Waals surface area contributed by atoms with Crippen LogP contribution < -0.4 is 5.48 Å².